The van der Waals surface area contributed by atoms with Crippen LogP contribution in [0.25, 0.3) is 0 Å². The van der Waals surface area contributed by atoms with Crippen LogP contribution in [-0.4, -0.2) is 28.6 Å². The van der Waals surface area contributed by atoms with E-state index >= 15 is 0 Å². The van der Waals surface area contributed by atoms with Gasteiger partial charge in [-0.05, 0) is 20.3 Å². The lowest BCUT2D eigenvalue weighted by Crippen LogP contribution is -2.06. The molecular formula is C11H16N2O3. The van der Waals surface area contributed by atoms with Crippen molar-refractivity contribution in [1.82, 2.24) is 9.78 Å². The highest BCUT2D eigenvalue weighted by molar-refractivity contribution is 5.75. The molecule has 0 radical (unpaired) electrons. The number of aryl methyl sites for hydroxylation is 2. The fourth-order valence-electron chi connectivity index (χ4n) is 1.38. The summed E-state index contributed by atoms with van der Waals surface area (Å²) in [5.41, 5.74) is 1.31. The number of carbonyl (C=O) groups is 2. The summed E-state index contributed by atoms with van der Waals surface area (Å²) in [6.45, 7) is 4.60. The van der Waals surface area contributed by atoms with Crippen molar-refractivity contribution in [2.75, 3.05) is 6.61 Å². The first-order chi connectivity index (χ1) is 7.67. The monoisotopic (exact) mass is 224 g/mol. The van der Waals surface area contributed by atoms with Gasteiger partial charge in [0.15, 0.2) is 6.29 Å². The summed E-state index contributed by atoms with van der Waals surface area (Å²) in [5, 5.41) is 4.16. The van der Waals surface area contributed by atoms with Crippen LogP contribution in [0.4, 0.5) is 0 Å². The number of aldehydes is 1. The van der Waals surface area contributed by atoms with Gasteiger partial charge in [-0.25, -0.2) is 0 Å². The molecular weight excluding hydrogens is 208 g/mol. The molecule has 1 heterocycles. The van der Waals surface area contributed by atoms with Gasteiger partial charge in [-0.15, -0.1) is 0 Å². The van der Waals surface area contributed by atoms with Crippen LogP contribution in [0.1, 0.15) is 35.8 Å². The van der Waals surface area contributed by atoms with Gasteiger partial charge in [0, 0.05) is 19.2 Å². The largest absolute Gasteiger partial charge is 0.466 e. The fraction of sp³-hybridized carbons (Fsp3) is 0.545. The van der Waals surface area contributed by atoms with E-state index in [1.54, 1.807) is 24.7 Å². The Morgan fingerprint density at radius 2 is 2.38 bits per heavy atom. The minimum Gasteiger partial charge on any atom is -0.466 e. The zero-order chi connectivity index (χ0) is 12.0. The van der Waals surface area contributed by atoms with Gasteiger partial charge >= 0.3 is 5.97 Å². The molecule has 88 valence electrons. The van der Waals surface area contributed by atoms with Gasteiger partial charge in [-0.1, -0.05) is 0 Å². The van der Waals surface area contributed by atoms with Crippen molar-refractivity contribution in [2.45, 2.75) is 33.2 Å². The van der Waals surface area contributed by atoms with Crippen LogP contribution < -0.4 is 0 Å². The van der Waals surface area contributed by atoms with Crippen LogP contribution in [0.15, 0.2) is 6.20 Å². The Bertz CT molecular complexity index is 371. The van der Waals surface area contributed by atoms with E-state index in [1.165, 1.54) is 0 Å². The first-order valence-electron chi connectivity index (χ1n) is 5.32. The van der Waals surface area contributed by atoms with E-state index in [9.17, 15) is 9.59 Å². The van der Waals surface area contributed by atoms with Gasteiger partial charge in [0.2, 0.25) is 0 Å². The van der Waals surface area contributed by atoms with Gasteiger partial charge in [-0.3, -0.25) is 14.3 Å². The summed E-state index contributed by atoms with van der Waals surface area (Å²) in [5.74, 6) is -0.193. The smallest absolute Gasteiger partial charge is 0.305 e. The Morgan fingerprint density at radius 3 is 2.94 bits per heavy atom. The SMILES string of the molecule is CCOC(=O)CCCn1cc(C=O)c(C)n1. The molecule has 0 aromatic carbocycles. The lowest BCUT2D eigenvalue weighted by molar-refractivity contribution is -0.143. The van der Waals surface area contributed by atoms with Crippen LogP contribution in [0.2, 0.25) is 0 Å². The number of nitrogens with zero attached hydrogens (tertiary/aromatic N) is 2. The molecule has 0 N–H and O–H groups in total. The van der Waals surface area contributed by atoms with Crippen LogP contribution in [-0.2, 0) is 16.1 Å². The molecule has 0 aliphatic carbocycles. The second-order valence-electron chi connectivity index (χ2n) is 3.46. The number of rotatable bonds is 6. The highest BCUT2D eigenvalue weighted by atomic mass is 16.5. The van der Waals surface area contributed by atoms with Crippen LogP contribution in [0, 0.1) is 6.92 Å². The lowest BCUT2D eigenvalue weighted by atomic mass is 10.3. The second kappa shape index (κ2) is 6.05. The van der Waals surface area contributed by atoms with E-state index in [-0.39, 0.29) is 5.97 Å². The maximum absolute atomic E-state index is 11.1. The molecule has 1 rings (SSSR count). The van der Waals surface area contributed by atoms with E-state index in [0.29, 0.717) is 37.3 Å². The highest BCUT2D eigenvalue weighted by Crippen LogP contribution is 2.04. The average Bonchev–Trinajstić information content (AvgIpc) is 2.59. The van der Waals surface area contributed by atoms with E-state index in [0.717, 1.165) is 6.29 Å². The van der Waals surface area contributed by atoms with Crippen LogP contribution in [0.3, 0.4) is 0 Å². The van der Waals surface area contributed by atoms with Gasteiger partial charge in [0.05, 0.1) is 17.9 Å². The summed E-state index contributed by atoms with van der Waals surface area (Å²) in [4.78, 5) is 21.6. The molecule has 0 spiro atoms. The molecule has 0 fully saturated rings. The first-order valence-corrected chi connectivity index (χ1v) is 5.32. The molecule has 0 saturated carbocycles. The van der Waals surface area contributed by atoms with Gasteiger partial charge < -0.3 is 4.74 Å². The molecule has 0 unspecified atom stereocenters. The van der Waals surface area contributed by atoms with Crippen molar-refractivity contribution in [2.24, 2.45) is 0 Å². The molecule has 0 aliphatic heterocycles. The zero-order valence-electron chi connectivity index (χ0n) is 9.60. The first kappa shape index (κ1) is 12.4. The molecule has 5 heteroatoms. The molecule has 0 atom stereocenters. The van der Waals surface area contributed by atoms with Gasteiger partial charge in [0.1, 0.15) is 0 Å². The molecule has 1 aromatic rings. The third-order valence-corrected chi connectivity index (χ3v) is 2.18. The van der Waals surface area contributed by atoms with Gasteiger partial charge in [0.25, 0.3) is 0 Å². The quantitative estimate of drug-likeness (QED) is 0.540. The Kier molecular flexibility index (Phi) is 4.69. The van der Waals surface area contributed by atoms with Crippen molar-refractivity contribution in [3.05, 3.63) is 17.5 Å². The fourth-order valence-corrected chi connectivity index (χ4v) is 1.38. The molecule has 1 aromatic heterocycles. The van der Waals surface area contributed by atoms with E-state index < -0.39 is 0 Å². The summed E-state index contributed by atoms with van der Waals surface area (Å²) in [6.07, 6.45) is 3.51. The predicted molar refractivity (Wildman–Crippen MR) is 58.2 cm³/mol. The molecule has 5 nitrogen and oxygen atoms in total. The van der Waals surface area contributed by atoms with E-state index in [2.05, 4.69) is 5.10 Å². The highest BCUT2D eigenvalue weighted by Gasteiger charge is 2.05. The zero-order valence-corrected chi connectivity index (χ0v) is 9.60. The van der Waals surface area contributed by atoms with Crippen LogP contribution >= 0.6 is 0 Å². The summed E-state index contributed by atoms with van der Waals surface area (Å²) in [6, 6.07) is 0. The molecule has 16 heavy (non-hydrogen) atoms. The Labute approximate surface area is 94.4 Å². The van der Waals surface area contributed by atoms with Gasteiger partial charge in [-0.2, -0.15) is 5.10 Å². The minimum absolute atomic E-state index is 0.193. The average molecular weight is 224 g/mol. The maximum atomic E-state index is 11.1. The van der Waals surface area contributed by atoms with Crippen LogP contribution in [0.5, 0.6) is 0 Å². The van der Waals surface area contributed by atoms with Crippen molar-refractivity contribution in [3.8, 4) is 0 Å². The lowest BCUT2D eigenvalue weighted by Gasteiger charge is -2.01. The Hall–Kier alpha value is -1.65. The van der Waals surface area contributed by atoms with E-state index in [4.69, 9.17) is 4.74 Å². The molecule has 0 amide bonds. The second-order valence-corrected chi connectivity index (χ2v) is 3.46. The Balaban J connectivity index is 2.37. The third kappa shape index (κ3) is 3.49. The minimum atomic E-state index is -0.193. The number of aromatic nitrogens is 2. The predicted octanol–water partition coefficient (Wildman–Crippen LogP) is 1.35. The number of carbonyl (C=O) groups excluding carboxylic acids is 2. The Morgan fingerprint density at radius 1 is 1.62 bits per heavy atom. The number of esters is 1. The standard InChI is InChI=1S/C11H16N2O3/c1-3-16-11(15)5-4-6-13-7-10(8-14)9(2)12-13/h7-8H,3-6H2,1-2H3. The van der Waals surface area contributed by atoms with Crippen molar-refractivity contribution >= 4 is 12.3 Å². The molecule has 0 saturated heterocycles. The van der Waals surface area contributed by atoms with Crippen molar-refractivity contribution in [3.63, 3.8) is 0 Å². The molecule has 0 aliphatic rings. The summed E-state index contributed by atoms with van der Waals surface area (Å²) >= 11 is 0. The number of ether oxygens (including phenoxy) is 1. The van der Waals surface area contributed by atoms with Crippen molar-refractivity contribution in [1.29, 1.82) is 0 Å². The van der Waals surface area contributed by atoms with E-state index in [1.807, 2.05) is 0 Å². The summed E-state index contributed by atoms with van der Waals surface area (Å²) < 4.78 is 6.48. The normalized spacial score (nSPS) is 10.1. The number of hydrogen-bond donors (Lipinski definition) is 0. The molecule has 0 bridgehead atoms. The number of hydrogen-bond acceptors (Lipinski definition) is 4. The third-order valence-electron chi connectivity index (χ3n) is 2.18. The summed E-state index contributed by atoms with van der Waals surface area (Å²) in [7, 11) is 0. The topological polar surface area (TPSA) is 61.2 Å². The maximum Gasteiger partial charge on any atom is 0.305 e. The van der Waals surface area contributed by atoms with Crippen molar-refractivity contribution < 1.29 is 14.3 Å².